The van der Waals surface area contributed by atoms with Crippen LogP contribution in [0.15, 0.2) is 59.6 Å². The molecule has 1 aliphatic heterocycles. The SMILES string of the molecule is Fc1ccc(CCN2CCC(Sc3cccc4cccnc34)CC2)c(Cl)c1. The number of pyridine rings is 1. The Hall–Kier alpha value is -1.62. The van der Waals surface area contributed by atoms with E-state index in [1.807, 2.05) is 24.0 Å². The molecule has 5 heteroatoms. The van der Waals surface area contributed by atoms with Gasteiger partial charge in [-0.05, 0) is 62.2 Å². The van der Waals surface area contributed by atoms with Gasteiger partial charge in [-0.15, -0.1) is 11.8 Å². The van der Waals surface area contributed by atoms with Gasteiger partial charge < -0.3 is 4.90 Å². The van der Waals surface area contributed by atoms with Crippen molar-refractivity contribution in [2.45, 2.75) is 29.4 Å². The number of piperidine rings is 1. The van der Waals surface area contributed by atoms with Gasteiger partial charge in [0, 0.05) is 33.3 Å². The van der Waals surface area contributed by atoms with Gasteiger partial charge in [0.15, 0.2) is 0 Å². The van der Waals surface area contributed by atoms with E-state index in [1.54, 1.807) is 6.07 Å². The van der Waals surface area contributed by atoms with Crippen LogP contribution in [0.25, 0.3) is 10.9 Å². The van der Waals surface area contributed by atoms with Gasteiger partial charge in [0.2, 0.25) is 0 Å². The number of hydrogen-bond acceptors (Lipinski definition) is 3. The molecule has 2 aromatic carbocycles. The summed E-state index contributed by atoms with van der Waals surface area (Å²) in [6.45, 7) is 3.15. The zero-order chi connectivity index (χ0) is 18.6. The second-order valence-electron chi connectivity index (χ2n) is 6.98. The van der Waals surface area contributed by atoms with Gasteiger partial charge in [0.1, 0.15) is 5.82 Å². The molecule has 0 N–H and O–H groups in total. The first-order valence-corrected chi connectivity index (χ1v) is 10.6. The Morgan fingerprint density at radius 3 is 2.74 bits per heavy atom. The topological polar surface area (TPSA) is 16.1 Å². The van der Waals surface area contributed by atoms with Crippen molar-refractivity contribution in [3.63, 3.8) is 0 Å². The molecule has 3 aromatic rings. The first kappa shape index (κ1) is 18.7. The van der Waals surface area contributed by atoms with E-state index in [1.165, 1.54) is 35.3 Å². The van der Waals surface area contributed by atoms with Crippen molar-refractivity contribution in [3.8, 4) is 0 Å². The number of hydrogen-bond donors (Lipinski definition) is 0. The van der Waals surface area contributed by atoms with Crippen molar-refractivity contribution in [3.05, 3.63) is 71.1 Å². The molecule has 0 radical (unpaired) electrons. The third-order valence-electron chi connectivity index (χ3n) is 5.14. The summed E-state index contributed by atoms with van der Waals surface area (Å²) in [6, 6.07) is 15.2. The fourth-order valence-corrected chi connectivity index (χ4v) is 5.11. The summed E-state index contributed by atoms with van der Waals surface area (Å²) in [5.41, 5.74) is 2.13. The third kappa shape index (κ3) is 4.63. The lowest BCUT2D eigenvalue weighted by Crippen LogP contribution is -2.36. The molecule has 1 aliphatic rings. The van der Waals surface area contributed by atoms with Crippen LogP contribution in [0.3, 0.4) is 0 Å². The molecule has 1 aromatic heterocycles. The minimum Gasteiger partial charge on any atom is -0.303 e. The van der Waals surface area contributed by atoms with Crippen molar-refractivity contribution in [1.82, 2.24) is 9.88 Å². The van der Waals surface area contributed by atoms with E-state index in [4.69, 9.17) is 11.6 Å². The predicted molar refractivity (Wildman–Crippen MR) is 112 cm³/mol. The molecule has 2 nitrogen and oxygen atoms in total. The maximum Gasteiger partial charge on any atom is 0.124 e. The average molecular weight is 401 g/mol. The molecule has 2 heterocycles. The van der Waals surface area contributed by atoms with Crippen molar-refractivity contribution >= 4 is 34.3 Å². The molecule has 0 aliphatic carbocycles. The van der Waals surface area contributed by atoms with Gasteiger partial charge in [0.25, 0.3) is 0 Å². The van der Waals surface area contributed by atoms with Crippen LogP contribution in [0.5, 0.6) is 0 Å². The molecule has 0 bridgehead atoms. The van der Waals surface area contributed by atoms with Crippen molar-refractivity contribution in [2.24, 2.45) is 0 Å². The van der Waals surface area contributed by atoms with Crippen LogP contribution in [0.4, 0.5) is 4.39 Å². The van der Waals surface area contributed by atoms with Crippen LogP contribution in [0, 0.1) is 5.82 Å². The minimum absolute atomic E-state index is 0.274. The number of thioether (sulfide) groups is 1. The molecule has 27 heavy (non-hydrogen) atoms. The van der Waals surface area contributed by atoms with E-state index in [9.17, 15) is 4.39 Å². The van der Waals surface area contributed by atoms with E-state index < -0.39 is 0 Å². The Kier molecular flexibility index (Phi) is 5.96. The Balaban J connectivity index is 1.31. The van der Waals surface area contributed by atoms with Crippen molar-refractivity contribution < 1.29 is 4.39 Å². The summed E-state index contributed by atoms with van der Waals surface area (Å²) < 4.78 is 13.2. The van der Waals surface area contributed by atoms with Crippen LogP contribution in [0.1, 0.15) is 18.4 Å². The lowest BCUT2D eigenvalue weighted by molar-refractivity contribution is 0.235. The molecule has 0 unspecified atom stereocenters. The fourth-order valence-electron chi connectivity index (χ4n) is 3.60. The quantitative estimate of drug-likeness (QED) is 0.536. The van der Waals surface area contributed by atoms with E-state index in [0.717, 1.165) is 37.1 Å². The second-order valence-corrected chi connectivity index (χ2v) is 8.73. The average Bonchev–Trinajstić information content (AvgIpc) is 2.69. The number of nitrogens with zero attached hydrogens (tertiary/aromatic N) is 2. The third-order valence-corrected chi connectivity index (χ3v) is 6.88. The molecule has 140 valence electrons. The summed E-state index contributed by atoms with van der Waals surface area (Å²) in [5, 5.41) is 2.36. The molecule has 4 rings (SSSR count). The molecule has 1 fully saturated rings. The number of likely N-dealkylation sites (tertiary alicyclic amines) is 1. The number of aromatic nitrogens is 1. The van der Waals surface area contributed by atoms with E-state index >= 15 is 0 Å². The monoisotopic (exact) mass is 400 g/mol. The first-order chi connectivity index (χ1) is 13.2. The van der Waals surface area contributed by atoms with Crippen LogP contribution >= 0.6 is 23.4 Å². The normalized spacial score (nSPS) is 16.1. The highest BCUT2D eigenvalue weighted by Gasteiger charge is 2.21. The maximum absolute atomic E-state index is 13.2. The van der Waals surface area contributed by atoms with Crippen molar-refractivity contribution in [2.75, 3.05) is 19.6 Å². The zero-order valence-electron chi connectivity index (χ0n) is 15.1. The van der Waals surface area contributed by atoms with Gasteiger partial charge in [-0.3, -0.25) is 4.98 Å². The highest BCUT2D eigenvalue weighted by atomic mass is 35.5. The van der Waals surface area contributed by atoms with Crippen LogP contribution in [0.2, 0.25) is 5.02 Å². The van der Waals surface area contributed by atoms with Crippen LogP contribution in [-0.2, 0) is 6.42 Å². The summed E-state index contributed by atoms with van der Waals surface area (Å²) in [6.07, 6.45) is 5.08. The minimum atomic E-state index is -0.274. The summed E-state index contributed by atoms with van der Waals surface area (Å²) in [5.74, 6) is -0.274. The fraction of sp³-hybridized carbons (Fsp3) is 0.318. The summed E-state index contributed by atoms with van der Waals surface area (Å²) in [4.78, 5) is 8.33. The summed E-state index contributed by atoms with van der Waals surface area (Å²) >= 11 is 8.10. The number of halogens is 2. The lowest BCUT2D eigenvalue weighted by Gasteiger charge is -2.31. The van der Waals surface area contributed by atoms with E-state index in [0.29, 0.717) is 10.3 Å². The summed E-state index contributed by atoms with van der Waals surface area (Å²) in [7, 11) is 0. The maximum atomic E-state index is 13.2. The van der Waals surface area contributed by atoms with Gasteiger partial charge in [-0.25, -0.2) is 4.39 Å². The molecule has 0 atom stereocenters. The molecule has 0 spiro atoms. The van der Waals surface area contributed by atoms with Gasteiger partial charge >= 0.3 is 0 Å². The Labute approximate surface area is 168 Å². The highest BCUT2D eigenvalue weighted by molar-refractivity contribution is 8.00. The predicted octanol–water partition coefficient (Wildman–Crippen LogP) is 5.83. The number of benzene rings is 2. The number of rotatable bonds is 5. The molecular weight excluding hydrogens is 379 g/mol. The number of para-hydroxylation sites is 1. The highest BCUT2D eigenvalue weighted by Crippen LogP contribution is 2.34. The van der Waals surface area contributed by atoms with Crippen LogP contribution < -0.4 is 0 Å². The first-order valence-electron chi connectivity index (χ1n) is 9.36. The van der Waals surface area contributed by atoms with Gasteiger partial charge in [0.05, 0.1) is 5.52 Å². The number of fused-ring (bicyclic) bond motifs is 1. The Morgan fingerprint density at radius 2 is 1.93 bits per heavy atom. The van der Waals surface area contributed by atoms with E-state index in [2.05, 4.69) is 34.1 Å². The van der Waals surface area contributed by atoms with E-state index in [-0.39, 0.29) is 5.82 Å². The van der Waals surface area contributed by atoms with Crippen LogP contribution in [-0.4, -0.2) is 34.8 Å². The lowest BCUT2D eigenvalue weighted by atomic mass is 10.1. The largest absolute Gasteiger partial charge is 0.303 e. The molecular formula is C22H22ClFN2S. The Morgan fingerprint density at radius 1 is 1.11 bits per heavy atom. The zero-order valence-corrected chi connectivity index (χ0v) is 16.6. The second kappa shape index (κ2) is 8.59. The Bertz CT molecular complexity index is 920. The smallest absolute Gasteiger partial charge is 0.124 e. The van der Waals surface area contributed by atoms with Crippen molar-refractivity contribution in [1.29, 1.82) is 0 Å². The standard InChI is InChI=1S/C22H22ClFN2S/c23-20-15-18(24)7-6-16(20)8-12-26-13-9-19(10-14-26)27-21-5-1-3-17-4-2-11-25-22(17)21/h1-7,11,15,19H,8-10,12-14H2. The van der Waals surface area contributed by atoms with Gasteiger partial charge in [-0.2, -0.15) is 0 Å². The molecule has 1 saturated heterocycles. The molecule has 0 amide bonds. The molecule has 0 saturated carbocycles. The van der Waals surface area contributed by atoms with Gasteiger partial charge in [-0.1, -0.05) is 35.9 Å².